The third-order valence-electron chi connectivity index (χ3n) is 4.74. The Labute approximate surface area is 173 Å². The summed E-state index contributed by atoms with van der Waals surface area (Å²) >= 11 is 6.03. The maximum absolute atomic E-state index is 11.6. The summed E-state index contributed by atoms with van der Waals surface area (Å²) in [6.45, 7) is 0. The molecule has 2 aromatic carbocycles. The van der Waals surface area contributed by atoms with E-state index >= 15 is 0 Å². The van der Waals surface area contributed by atoms with Crippen molar-refractivity contribution in [3.05, 3.63) is 64.7 Å². The molecule has 0 radical (unpaired) electrons. The average molecular weight is 434 g/mol. The summed E-state index contributed by atoms with van der Waals surface area (Å²) in [6, 6.07) is 15.2. The molecule has 0 spiro atoms. The number of rotatable bonds is 5. The number of fused-ring (bicyclic) bond motifs is 1. The molecule has 0 bridgehead atoms. The summed E-state index contributed by atoms with van der Waals surface area (Å²) in [4.78, 5) is 4.34. The van der Waals surface area contributed by atoms with Gasteiger partial charge in [-0.25, -0.2) is 13.1 Å². The predicted molar refractivity (Wildman–Crippen MR) is 112 cm³/mol. The highest BCUT2D eigenvalue weighted by Gasteiger charge is 2.31. The number of aromatic nitrogens is 3. The fourth-order valence-corrected chi connectivity index (χ4v) is 3.95. The van der Waals surface area contributed by atoms with E-state index in [1.807, 2.05) is 48.5 Å². The second-order valence-electron chi connectivity index (χ2n) is 6.85. The van der Waals surface area contributed by atoms with Crippen LogP contribution in [0.25, 0.3) is 0 Å². The lowest BCUT2D eigenvalue weighted by atomic mass is 9.93. The Hall–Kier alpha value is -2.78. The Morgan fingerprint density at radius 3 is 2.41 bits per heavy atom. The van der Waals surface area contributed by atoms with E-state index in [0.717, 1.165) is 23.1 Å². The van der Waals surface area contributed by atoms with Gasteiger partial charge in [0.25, 0.3) is 5.95 Å². The van der Waals surface area contributed by atoms with Gasteiger partial charge in [-0.15, -0.1) is 5.10 Å². The largest absolute Gasteiger partial charge is 0.497 e. The van der Waals surface area contributed by atoms with Crippen molar-refractivity contribution < 1.29 is 13.2 Å². The molecule has 29 heavy (non-hydrogen) atoms. The normalized spacial score (nSPS) is 18.6. The van der Waals surface area contributed by atoms with Crippen LogP contribution in [-0.2, 0) is 10.0 Å². The van der Waals surface area contributed by atoms with E-state index in [0.29, 0.717) is 17.4 Å². The summed E-state index contributed by atoms with van der Waals surface area (Å²) in [5.41, 5.74) is 2.07. The zero-order chi connectivity index (χ0) is 20.6. The summed E-state index contributed by atoms with van der Waals surface area (Å²) in [7, 11) is -1.87. The number of methoxy groups -OCH3 is 1. The number of benzene rings is 2. The highest BCUT2D eigenvalue weighted by molar-refractivity contribution is 7.91. The maximum Gasteiger partial charge on any atom is 0.257 e. The number of hydrogen-bond acceptors (Lipinski definition) is 6. The van der Waals surface area contributed by atoms with E-state index in [2.05, 4.69) is 20.1 Å². The molecule has 8 nitrogen and oxygen atoms in total. The lowest BCUT2D eigenvalue weighted by molar-refractivity contribution is 0.411. The van der Waals surface area contributed by atoms with Crippen LogP contribution in [0.4, 0.5) is 11.9 Å². The van der Waals surface area contributed by atoms with E-state index in [-0.39, 0.29) is 18.0 Å². The van der Waals surface area contributed by atoms with Gasteiger partial charge < -0.3 is 10.1 Å². The molecule has 0 amide bonds. The number of ether oxygens (including phenoxy) is 1. The van der Waals surface area contributed by atoms with E-state index in [4.69, 9.17) is 16.3 Å². The smallest absolute Gasteiger partial charge is 0.257 e. The van der Waals surface area contributed by atoms with Gasteiger partial charge in [0.15, 0.2) is 0 Å². The highest BCUT2D eigenvalue weighted by Crippen LogP contribution is 2.38. The molecule has 0 fully saturated rings. The van der Waals surface area contributed by atoms with Crippen LogP contribution in [0.3, 0.4) is 0 Å². The number of halogens is 1. The Morgan fingerprint density at radius 1 is 1.14 bits per heavy atom. The predicted octanol–water partition coefficient (Wildman–Crippen LogP) is 3.46. The zero-order valence-corrected chi connectivity index (χ0v) is 17.4. The van der Waals surface area contributed by atoms with Crippen LogP contribution in [0.1, 0.15) is 29.6 Å². The summed E-state index contributed by atoms with van der Waals surface area (Å²) in [6.07, 6.45) is 1.76. The van der Waals surface area contributed by atoms with Crippen molar-refractivity contribution in [2.75, 3.05) is 23.4 Å². The topological polar surface area (TPSA) is 98.1 Å². The van der Waals surface area contributed by atoms with Gasteiger partial charge in [-0.05, 0) is 41.8 Å². The second kappa shape index (κ2) is 7.57. The van der Waals surface area contributed by atoms with Crippen molar-refractivity contribution in [3.63, 3.8) is 0 Å². The van der Waals surface area contributed by atoms with Crippen molar-refractivity contribution in [2.45, 2.75) is 18.5 Å². The van der Waals surface area contributed by atoms with Crippen LogP contribution < -0.4 is 14.8 Å². The van der Waals surface area contributed by atoms with Crippen LogP contribution in [0.2, 0.25) is 5.02 Å². The number of nitrogens with one attached hydrogen (secondary N) is 2. The molecule has 4 rings (SSSR count). The first-order valence-corrected chi connectivity index (χ1v) is 11.2. The lowest BCUT2D eigenvalue weighted by Gasteiger charge is -2.31. The van der Waals surface area contributed by atoms with Gasteiger partial charge in [-0.1, -0.05) is 35.9 Å². The van der Waals surface area contributed by atoms with E-state index < -0.39 is 10.0 Å². The highest BCUT2D eigenvalue weighted by atomic mass is 35.5. The van der Waals surface area contributed by atoms with Crippen LogP contribution in [-0.4, -0.2) is 36.5 Å². The molecule has 0 unspecified atom stereocenters. The first kappa shape index (κ1) is 19.5. The molecule has 2 atom stereocenters. The van der Waals surface area contributed by atoms with Gasteiger partial charge in [0, 0.05) is 5.02 Å². The van der Waals surface area contributed by atoms with Gasteiger partial charge >= 0.3 is 0 Å². The molecule has 1 aliphatic heterocycles. The molecule has 152 valence electrons. The zero-order valence-electron chi connectivity index (χ0n) is 15.8. The number of anilines is 2. The summed E-state index contributed by atoms with van der Waals surface area (Å²) in [5.74, 6) is 1.28. The van der Waals surface area contributed by atoms with Gasteiger partial charge in [0.2, 0.25) is 16.0 Å². The summed E-state index contributed by atoms with van der Waals surface area (Å²) in [5, 5.41) is 8.39. The molecule has 10 heteroatoms. The SMILES string of the molecule is COc1ccc([C@@H]2C[C@@H](c3ccc(Cl)cc3)Nc3nc(NS(C)(=O)=O)nn32)cc1. The molecule has 3 aromatic rings. The quantitative estimate of drug-likeness (QED) is 0.639. The number of nitrogens with zero attached hydrogens (tertiary/aromatic N) is 3. The fourth-order valence-electron chi connectivity index (χ4n) is 3.40. The second-order valence-corrected chi connectivity index (χ2v) is 9.04. The summed E-state index contributed by atoms with van der Waals surface area (Å²) < 4.78 is 32.5. The molecule has 1 aromatic heterocycles. The van der Waals surface area contributed by atoms with Gasteiger partial charge in [0.05, 0.1) is 25.4 Å². The molecule has 1 aliphatic rings. The molecular formula is C19H20ClN5O3S. The lowest BCUT2D eigenvalue weighted by Crippen LogP contribution is -2.28. The third kappa shape index (κ3) is 4.30. The van der Waals surface area contributed by atoms with Gasteiger partial charge in [0.1, 0.15) is 5.75 Å². The molecule has 2 heterocycles. The van der Waals surface area contributed by atoms with Crippen molar-refractivity contribution >= 4 is 33.5 Å². The molecule has 0 saturated heterocycles. The van der Waals surface area contributed by atoms with Crippen LogP contribution >= 0.6 is 11.6 Å². The van der Waals surface area contributed by atoms with Crippen molar-refractivity contribution in [1.82, 2.24) is 14.8 Å². The van der Waals surface area contributed by atoms with Gasteiger partial charge in [-0.2, -0.15) is 4.98 Å². The van der Waals surface area contributed by atoms with Crippen LogP contribution in [0.15, 0.2) is 48.5 Å². The van der Waals surface area contributed by atoms with E-state index in [1.54, 1.807) is 11.8 Å². The fraction of sp³-hybridized carbons (Fsp3) is 0.263. The average Bonchev–Trinajstić information content (AvgIpc) is 3.08. The standard InChI is InChI=1S/C19H20ClN5O3S/c1-28-15-9-5-13(6-10-15)17-11-16(12-3-7-14(20)8-4-12)21-19-22-18(23-25(17)19)24-29(2,26)27/h3-10,16-17H,11H2,1-2H3,(H2,21,22,23,24)/t16-,17-/m0/s1. The first-order chi connectivity index (χ1) is 13.8. The van der Waals surface area contributed by atoms with E-state index in [9.17, 15) is 8.42 Å². The molecular weight excluding hydrogens is 414 g/mol. The Bertz CT molecular complexity index is 1110. The van der Waals surface area contributed by atoms with Crippen LogP contribution in [0.5, 0.6) is 5.75 Å². The minimum atomic E-state index is -3.49. The molecule has 0 aliphatic carbocycles. The Morgan fingerprint density at radius 2 is 1.79 bits per heavy atom. The molecule has 2 N–H and O–H groups in total. The van der Waals surface area contributed by atoms with Gasteiger partial charge in [-0.3, -0.25) is 4.72 Å². The Kier molecular flexibility index (Phi) is 5.10. The van der Waals surface area contributed by atoms with Crippen LogP contribution in [0, 0.1) is 0 Å². The molecule has 0 saturated carbocycles. The van der Waals surface area contributed by atoms with Crippen molar-refractivity contribution in [2.24, 2.45) is 0 Å². The minimum Gasteiger partial charge on any atom is -0.497 e. The van der Waals surface area contributed by atoms with Crippen molar-refractivity contribution in [3.8, 4) is 5.75 Å². The Balaban J connectivity index is 1.74. The first-order valence-electron chi connectivity index (χ1n) is 8.92. The maximum atomic E-state index is 11.6. The monoisotopic (exact) mass is 433 g/mol. The van der Waals surface area contributed by atoms with E-state index in [1.165, 1.54) is 0 Å². The number of hydrogen-bond donors (Lipinski definition) is 2. The number of sulfonamides is 1. The van der Waals surface area contributed by atoms with Crippen molar-refractivity contribution in [1.29, 1.82) is 0 Å². The third-order valence-corrected chi connectivity index (χ3v) is 5.54. The minimum absolute atomic E-state index is 0.0327.